The Bertz CT molecular complexity index is 3420. The third-order valence-electron chi connectivity index (χ3n) is 13.7. The highest BCUT2D eigenvalue weighted by Crippen LogP contribution is 2.32. The van der Waals surface area contributed by atoms with E-state index in [1.807, 2.05) is 18.3 Å². The molecule has 1 aliphatic rings. The average molecular weight is 1420 g/mol. The summed E-state index contributed by atoms with van der Waals surface area (Å²) in [6.45, 7) is 87.6. The number of hydrogen-bond donors (Lipinski definition) is 0. The molecule has 0 saturated carbocycles. The molecule has 17 heteroatoms. The SMILES string of the molecule is C#CC1=NCC=C1C(C)(C)C.C=Cc1cc(C(C)(C)C)on1.C=Cc1cc(C(C)(C)C)sn1.C=Cc1nc(C(C)(C)C)co1.C=Cc1nc(C(C)(C)C)cs1.C=Cc1ncc(C(C)(C)C)o1.C=Cc1ncc(C(C)(C)C)s1.C=Cc1nocc1C(C)(C)C.C=Cc1nscc1C(C)(C)C. The first-order valence-electron chi connectivity index (χ1n) is 32.8. The number of allylic oxidation sites excluding steroid dienone is 1. The van der Waals surface area contributed by atoms with Gasteiger partial charge in [0.1, 0.15) is 51.2 Å². The zero-order chi connectivity index (χ0) is 76.3. The number of aliphatic imine (C=N–C) groups is 1. The van der Waals surface area contributed by atoms with Crippen LogP contribution in [0, 0.1) is 17.8 Å². The van der Waals surface area contributed by atoms with Gasteiger partial charge in [0.05, 0.1) is 35.5 Å². The van der Waals surface area contributed by atoms with Crippen molar-refractivity contribution in [1.82, 2.24) is 39.0 Å². The first-order chi connectivity index (χ1) is 45.4. The second-order valence-corrected chi connectivity index (χ2v) is 35.4. The van der Waals surface area contributed by atoms with Gasteiger partial charge in [-0.3, -0.25) is 4.99 Å². The molecule has 0 aliphatic carbocycles. The Morgan fingerprint density at radius 1 is 0.475 bits per heavy atom. The second kappa shape index (κ2) is 38.7. The summed E-state index contributed by atoms with van der Waals surface area (Å²) in [7, 11) is 0. The molecule has 8 aromatic rings. The number of terminal acetylenes is 1. The van der Waals surface area contributed by atoms with Crippen LogP contribution < -0.4 is 0 Å². The zero-order valence-corrected chi connectivity index (χ0v) is 68.3. The van der Waals surface area contributed by atoms with Crippen LogP contribution in [0.5, 0.6) is 0 Å². The van der Waals surface area contributed by atoms with E-state index in [0.29, 0.717) is 11.8 Å². The van der Waals surface area contributed by atoms with Gasteiger partial charge in [-0.2, -0.15) is 8.75 Å². The van der Waals surface area contributed by atoms with E-state index in [1.54, 1.807) is 95.5 Å². The zero-order valence-electron chi connectivity index (χ0n) is 65.0. The molecular weight excluding hydrogens is 1300 g/mol. The van der Waals surface area contributed by atoms with Crippen LogP contribution >= 0.6 is 45.7 Å². The Hall–Kier alpha value is -7.75. The molecule has 8 aromatic heterocycles. The largest absolute Gasteiger partial charge is 0.445 e. The molecule has 0 spiro atoms. The van der Waals surface area contributed by atoms with E-state index in [9.17, 15) is 0 Å². The monoisotopic (exact) mass is 1420 g/mol. The normalized spacial score (nSPS) is 12.2. The fraction of sp³-hybridized carbons (Fsp3) is 0.451. The summed E-state index contributed by atoms with van der Waals surface area (Å²) in [5.74, 6) is 5.58. The molecule has 0 amide bonds. The van der Waals surface area contributed by atoms with Crippen LogP contribution in [-0.2, 0) is 43.3 Å². The van der Waals surface area contributed by atoms with Gasteiger partial charge in [-0.1, -0.05) is 262 Å². The minimum absolute atomic E-state index is 0.0360. The lowest BCUT2D eigenvalue weighted by molar-refractivity contribution is 0.328. The smallest absolute Gasteiger partial charge is 0.218 e. The molecule has 9 heterocycles. The maximum atomic E-state index is 5.37. The Morgan fingerprint density at radius 2 is 1.03 bits per heavy atom. The predicted octanol–water partition coefficient (Wildman–Crippen LogP) is 24.8. The molecule has 0 fully saturated rings. The molecule has 1 aliphatic heterocycles. The summed E-state index contributed by atoms with van der Waals surface area (Å²) in [5.41, 5.74) is 11.4. The third-order valence-corrected chi connectivity index (χ3v) is 17.8. The van der Waals surface area contributed by atoms with Gasteiger partial charge in [0.25, 0.3) is 0 Å². The number of rotatable bonds is 8. The Labute approximate surface area is 612 Å². The lowest BCUT2D eigenvalue weighted by Crippen LogP contribution is -2.14. The number of oxazole rings is 2. The van der Waals surface area contributed by atoms with E-state index in [-0.39, 0.29) is 48.7 Å². The molecule has 0 aromatic carbocycles. The Kier molecular flexibility index (Phi) is 34.9. The lowest BCUT2D eigenvalue weighted by Gasteiger charge is -2.19. The number of nitrogens with zero attached hydrogens (tertiary/aromatic N) is 9. The molecule has 0 bridgehead atoms. The van der Waals surface area contributed by atoms with Crippen LogP contribution in [0.1, 0.15) is 275 Å². The maximum absolute atomic E-state index is 5.37. The van der Waals surface area contributed by atoms with Gasteiger partial charge < -0.3 is 17.9 Å². The molecular formula is C82H117N9O4S4. The van der Waals surface area contributed by atoms with Crippen molar-refractivity contribution >= 4 is 100 Å². The summed E-state index contributed by atoms with van der Waals surface area (Å²) < 4.78 is 28.9. The summed E-state index contributed by atoms with van der Waals surface area (Å²) in [4.78, 5) is 23.6. The van der Waals surface area contributed by atoms with Gasteiger partial charge >= 0.3 is 0 Å². The van der Waals surface area contributed by atoms with Crippen molar-refractivity contribution in [3.63, 3.8) is 0 Å². The van der Waals surface area contributed by atoms with E-state index in [2.05, 4.69) is 312 Å². The summed E-state index contributed by atoms with van der Waals surface area (Å²) in [5, 5.41) is 13.8. The van der Waals surface area contributed by atoms with Crippen molar-refractivity contribution in [2.45, 2.75) is 230 Å². The van der Waals surface area contributed by atoms with Crippen molar-refractivity contribution in [3.8, 4) is 12.3 Å². The molecule has 0 radical (unpaired) electrons. The van der Waals surface area contributed by atoms with Gasteiger partial charge in [-0.15, -0.1) is 29.1 Å². The fourth-order valence-corrected chi connectivity index (χ4v) is 10.9. The highest BCUT2D eigenvalue weighted by atomic mass is 32.1. The van der Waals surface area contributed by atoms with E-state index in [4.69, 9.17) is 24.3 Å². The fourth-order valence-electron chi connectivity index (χ4n) is 7.49. The first-order valence-corrected chi connectivity index (χ1v) is 36.1. The van der Waals surface area contributed by atoms with E-state index in [1.165, 1.54) is 32.4 Å². The first kappa shape index (κ1) is 89.3. The van der Waals surface area contributed by atoms with Crippen molar-refractivity contribution < 1.29 is 17.9 Å². The van der Waals surface area contributed by atoms with Crippen molar-refractivity contribution in [2.75, 3.05) is 6.54 Å². The van der Waals surface area contributed by atoms with Crippen molar-refractivity contribution in [3.05, 3.63) is 200 Å². The second-order valence-electron chi connectivity index (χ2n) is 32.1. The molecule has 0 saturated heterocycles. The number of thiazole rings is 2. The van der Waals surface area contributed by atoms with E-state index in [0.717, 1.165) is 73.5 Å². The van der Waals surface area contributed by atoms with Crippen LogP contribution in [0.3, 0.4) is 0 Å². The average Bonchev–Trinajstić information content (AvgIpc) is 1.77. The predicted molar refractivity (Wildman–Crippen MR) is 433 cm³/mol. The van der Waals surface area contributed by atoms with Gasteiger partial charge in [0.2, 0.25) is 11.8 Å². The summed E-state index contributed by atoms with van der Waals surface area (Å²) >= 11 is 6.41. The van der Waals surface area contributed by atoms with Crippen LogP contribution in [-0.4, -0.2) is 51.3 Å². The highest BCUT2D eigenvalue weighted by molar-refractivity contribution is 7.12. The van der Waals surface area contributed by atoms with E-state index < -0.39 is 0 Å². The minimum atomic E-state index is 0.0360. The Morgan fingerprint density at radius 3 is 1.33 bits per heavy atom. The van der Waals surface area contributed by atoms with Crippen LogP contribution in [0.2, 0.25) is 0 Å². The molecule has 0 unspecified atom stereocenters. The molecule has 0 atom stereocenters. The quantitative estimate of drug-likeness (QED) is 0.132. The standard InChI is InChI=1S/C10H13N.4C9H13NO.4C9H13NS/c1-5-9-8(6-7-11-9)10(2,3)4;1-5-8-10-7(6-11-8)9(2,3)4;1-5-8-10-6-7(11-8)9(2,3)4;1-5-8-7(6-11-10-8)9(2,3)4;1-5-7-6-8(11-10-7)9(2,3)4;1-5-8-10-7(6-11-8)9(2,3)4;1-5-8-10-6-7(11-8)9(2,3)4;1-5-8-7(6-11-10-8)9(2,3)4;1-5-7-6-8(11-10-7)9(2,3)4/h1,6H,7H2,2-4H3;8*5-6H,1H2,2-4H3. The number of hydrogen-bond acceptors (Lipinski definition) is 17. The third kappa shape index (κ3) is 32.0. The van der Waals surface area contributed by atoms with Crippen molar-refractivity contribution in [2.24, 2.45) is 10.4 Å². The molecule has 99 heavy (non-hydrogen) atoms. The summed E-state index contributed by atoms with van der Waals surface area (Å²) in [6.07, 6.45) is 28.2. The minimum Gasteiger partial charge on any atom is -0.445 e. The number of aromatic nitrogens is 8. The van der Waals surface area contributed by atoms with Gasteiger partial charge in [0, 0.05) is 60.0 Å². The molecule has 9 rings (SSSR count). The van der Waals surface area contributed by atoms with Gasteiger partial charge in [-0.05, 0) is 116 Å². The molecule has 13 nitrogen and oxygen atoms in total. The topological polar surface area (TPSA) is 168 Å². The summed E-state index contributed by atoms with van der Waals surface area (Å²) in [6, 6.07) is 4.00. The van der Waals surface area contributed by atoms with Crippen LogP contribution in [0.4, 0.5) is 0 Å². The molecule has 0 N–H and O–H groups in total. The van der Waals surface area contributed by atoms with Crippen molar-refractivity contribution in [1.29, 1.82) is 0 Å². The highest BCUT2D eigenvalue weighted by Gasteiger charge is 2.25. The van der Waals surface area contributed by atoms with Gasteiger partial charge in [-0.25, -0.2) is 19.9 Å². The van der Waals surface area contributed by atoms with Crippen LogP contribution in [0.25, 0.3) is 48.6 Å². The Balaban J connectivity index is 0.000000557. The van der Waals surface area contributed by atoms with E-state index >= 15 is 0 Å². The van der Waals surface area contributed by atoms with Gasteiger partial charge in [0.15, 0.2) is 0 Å². The maximum Gasteiger partial charge on any atom is 0.218 e. The molecule has 538 valence electrons. The van der Waals surface area contributed by atoms with Crippen LogP contribution in [0.15, 0.2) is 135 Å². The lowest BCUT2D eigenvalue weighted by atomic mass is 9.84.